The Labute approximate surface area is 112 Å². The molecule has 1 saturated heterocycles. The molecule has 0 aliphatic carbocycles. The summed E-state index contributed by atoms with van der Waals surface area (Å²) in [4.78, 5) is 14.2. The number of rotatable bonds is 3. The first kappa shape index (κ1) is 13.8. The van der Waals surface area contributed by atoms with Gasteiger partial charge in [-0.3, -0.25) is 4.79 Å². The number of carbonyl (C=O) groups is 1. The minimum Gasteiger partial charge on any atom is -0.396 e. The van der Waals surface area contributed by atoms with E-state index in [0.717, 1.165) is 13.0 Å². The van der Waals surface area contributed by atoms with Crippen molar-refractivity contribution in [2.24, 2.45) is 0 Å². The Balaban J connectivity index is 1.91. The maximum Gasteiger partial charge on any atom is 0.251 e. The fraction of sp³-hybridized carbons (Fsp3) is 0.500. The smallest absolute Gasteiger partial charge is 0.251 e. The molecule has 2 rings (SSSR count). The van der Waals surface area contributed by atoms with Gasteiger partial charge >= 0.3 is 0 Å². The quantitative estimate of drug-likeness (QED) is 0.817. The molecule has 4 nitrogen and oxygen atoms in total. The normalized spacial score (nSPS) is 20.2. The molecule has 0 saturated carbocycles. The number of likely N-dealkylation sites (tertiary alicyclic amines) is 1. The molecule has 1 aromatic carbocycles. The predicted molar refractivity (Wildman–Crippen MR) is 73.4 cm³/mol. The second kappa shape index (κ2) is 6.02. The number of benzene rings is 1. The van der Waals surface area contributed by atoms with Gasteiger partial charge in [0.05, 0.1) is 5.69 Å². The third kappa shape index (κ3) is 3.44. The van der Waals surface area contributed by atoms with Crippen LogP contribution in [0.25, 0.3) is 0 Å². The Hall–Kier alpha value is -1.62. The van der Waals surface area contributed by atoms with Gasteiger partial charge in [-0.15, -0.1) is 0 Å². The lowest BCUT2D eigenvalue weighted by Gasteiger charge is -2.32. The predicted octanol–water partition coefficient (Wildman–Crippen LogP) is 1.62. The Bertz CT molecular complexity index is 464. The highest BCUT2D eigenvalue weighted by molar-refractivity contribution is 5.95. The van der Waals surface area contributed by atoms with Crippen molar-refractivity contribution in [3.63, 3.8) is 0 Å². The van der Waals surface area contributed by atoms with Gasteiger partial charge in [-0.1, -0.05) is 6.42 Å². The second-order valence-corrected chi connectivity index (χ2v) is 5.08. The van der Waals surface area contributed by atoms with Gasteiger partial charge in [-0.2, -0.15) is 0 Å². The number of hydrogen-bond acceptors (Lipinski definition) is 3. The van der Waals surface area contributed by atoms with Crippen LogP contribution in [-0.4, -0.2) is 37.0 Å². The zero-order chi connectivity index (χ0) is 13.8. The van der Waals surface area contributed by atoms with Crippen molar-refractivity contribution in [3.8, 4) is 0 Å². The Morgan fingerprint density at radius 2 is 2.32 bits per heavy atom. The summed E-state index contributed by atoms with van der Waals surface area (Å²) < 4.78 is 13.0. The standard InChI is InChI=1S/C14H20FN3O/c1-18-7-3-2-4-11(18)9-17-14(19)10-5-6-12(15)13(16)8-10/h5-6,8,11H,2-4,7,9,16H2,1H3,(H,17,19). The van der Waals surface area contributed by atoms with Crippen molar-refractivity contribution in [3.05, 3.63) is 29.6 Å². The molecule has 0 radical (unpaired) electrons. The molecular weight excluding hydrogens is 245 g/mol. The summed E-state index contributed by atoms with van der Waals surface area (Å²) in [5.74, 6) is -0.700. The molecule has 1 aliphatic rings. The monoisotopic (exact) mass is 265 g/mol. The summed E-state index contributed by atoms with van der Waals surface area (Å²) in [6.07, 6.45) is 3.52. The molecule has 0 bridgehead atoms. The van der Waals surface area contributed by atoms with Crippen molar-refractivity contribution in [1.29, 1.82) is 0 Å². The average molecular weight is 265 g/mol. The van der Waals surface area contributed by atoms with Crippen LogP contribution in [0.4, 0.5) is 10.1 Å². The van der Waals surface area contributed by atoms with Crippen molar-refractivity contribution >= 4 is 11.6 Å². The minimum absolute atomic E-state index is 0.00225. The number of nitrogens with two attached hydrogens (primary N) is 1. The Kier molecular flexibility index (Phi) is 4.37. The maximum atomic E-state index is 13.0. The van der Waals surface area contributed by atoms with Crippen molar-refractivity contribution in [1.82, 2.24) is 10.2 Å². The van der Waals surface area contributed by atoms with Crippen LogP contribution in [0.3, 0.4) is 0 Å². The van der Waals surface area contributed by atoms with Gasteiger partial charge in [-0.25, -0.2) is 4.39 Å². The highest BCUT2D eigenvalue weighted by Crippen LogP contribution is 2.15. The summed E-state index contributed by atoms with van der Waals surface area (Å²) in [5.41, 5.74) is 5.86. The van der Waals surface area contributed by atoms with E-state index in [9.17, 15) is 9.18 Å². The SMILES string of the molecule is CN1CCCCC1CNC(=O)c1ccc(F)c(N)c1. The number of halogens is 1. The van der Waals surface area contributed by atoms with E-state index in [1.54, 1.807) is 0 Å². The first-order chi connectivity index (χ1) is 9.08. The topological polar surface area (TPSA) is 58.4 Å². The zero-order valence-electron chi connectivity index (χ0n) is 11.2. The van der Waals surface area contributed by atoms with Crippen LogP contribution in [0.2, 0.25) is 0 Å². The first-order valence-electron chi connectivity index (χ1n) is 6.61. The summed E-state index contributed by atoms with van der Waals surface area (Å²) in [6, 6.07) is 4.42. The van der Waals surface area contributed by atoms with Crippen LogP contribution in [0, 0.1) is 5.82 Å². The molecule has 1 heterocycles. The number of likely N-dealkylation sites (N-methyl/N-ethyl adjacent to an activating group) is 1. The molecule has 1 aliphatic heterocycles. The lowest BCUT2D eigenvalue weighted by atomic mass is 10.0. The molecule has 1 aromatic rings. The Morgan fingerprint density at radius 1 is 1.53 bits per heavy atom. The molecule has 1 fully saturated rings. The van der Waals surface area contributed by atoms with Gasteiger partial charge in [0.1, 0.15) is 5.82 Å². The van der Waals surface area contributed by atoms with Gasteiger partial charge in [0.15, 0.2) is 0 Å². The van der Waals surface area contributed by atoms with Crippen LogP contribution in [0.1, 0.15) is 29.6 Å². The fourth-order valence-corrected chi connectivity index (χ4v) is 2.40. The van der Waals surface area contributed by atoms with E-state index in [0.29, 0.717) is 18.2 Å². The summed E-state index contributed by atoms with van der Waals surface area (Å²) in [7, 11) is 2.08. The lowest BCUT2D eigenvalue weighted by molar-refractivity contribution is 0.0928. The van der Waals surface area contributed by atoms with Gasteiger partial charge in [0.25, 0.3) is 5.91 Å². The number of nitrogen functional groups attached to an aromatic ring is 1. The van der Waals surface area contributed by atoms with Gasteiger partial charge in [-0.05, 0) is 44.6 Å². The van der Waals surface area contributed by atoms with Crippen LogP contribution in [0.15, 0.2) is 18.2 Å². The third-order valence-electron chi connectivity index (χ3n) is 3.68. The number of amides is 1. The first-order valence-corrected chi connectivity index (χ1v) is 6.61. The van der Waals surface area contributed by atoms with E-state index in [4.69, 9.17) is 5.73 Å². The number of nitrogens with one attached hydrogen (secondary N) is 1. The van der Waals surface area contributed by atoms with Crippen molar-refractivity contribution in [2.45, 2.75) is 25.3 Å². The highest BCUT2D eigenvalue weighted by atomic mass is 19.1. The molecule has 0 spiro atoms. The molecular formula is C14H20FN3O. The molecule has 0 aromatic heterocycles. The van der Waals surface area contributed by atoms with E-state index >= 15 is 0 Å². The van der Waals surface area contributed by atoms with E-state index in [1.165, 1.54) is 31.0 Å². The average Bonchev–Trinajstić information content (AvgIpc) is 2.40. The minimum atomic E-state index is -0.497. The fourth-order valence-electron chi connectivity index (χ4n) is 2.40. The van der Waals surface area contributed by atoms with E-state index < -0.39 is 5.82 Å². The van der Waals surface area contributed by atoms with E-state index in [-0.39, 0.29) is 11.6 Å². The van der Waals surface area contributed by atoms with Crippen LogP contribution < -0.4 is 11.1 Å². The van der Waals surface area contributed by atoms with Crippen LogP contribution in [0.5, 0.6) is 0 Å². The van der Waals surface area contributed by atoms with Crippen molar-refractivity contribution in [2.75, 3.05) is 25.9 Å². The number of nitrogens with zero attached hydrogens (tertiary/aromatic N) is 1. The molecule has 3 N–H and O–H groups in total. The molecule has 1 amide bonds. The largest absolute Gasteiger partial charge is 0.396 e. The molecule has 19 heavy (non-hydrogen) atoms. The van der Waals surface area contributed by atoms with Gasteiger partial charge < -0.3 is 16.0 Å². The van der Waals surface area contributed by atoms with E-state index in [1.807, 2.05) is 0 Å². The van der Waals surface area contributed by atoms with Gasteiger partial charge in [0, 0.05) is 18.2 Å². The molecule has 5 heteroatoms. The maximum absolute atomic E-state index is 13.0. The van der Waals surface area contributed by atoms with Gasteiger partial charge in [0.2, 0.25) is 0 Å². The Morgan fingerprint density at radius 3 is 3.00 bits per heavy atom. The van der Waals surface area contributed by atoms with Crippen LogP contribution in [-0.2, 0) is 0 Å². The van der Waals surface area contributed by atoms with Crippen LogP contribution >= 0.6 is 0 Å². The molecule has 1 unspecified atom stereocenters. The number of piperidine rings is 1. The van der Waals surface area contributed by atoms with E-state index in [2.05, 4.69) is 17.3 Å². The highest BCUT2D eigenvalue weighted by Gasteiger charge is 2.19. The summed E-state index contributed by atoms with van der Waals surface area (Å²) >= 11 is 0. The summed E-state index contributed by atoms with van der Waals surface area (Å²) in [5, 5.41) is 2.89. The summed E-state index contributed by atoms with van der Waals surface area (Å²) in [6.45, 7) is 1.69. The number of hydrogen-bond donors (Lipinski definition) is 2. The second-order valence-electron chi connectivity index (χ2n) is 5.08. The van der Waals surface area contributed by atoms with Crippen molar-refractivity contribution < 1.29 is 9.18 Å². The zero-order valence-corrected chi connectivity index (χ0v) is 11.2. The molecule has 1 atom stereocenters. The lowest BCUT2D eigenvalue weighted by Crippen LogP contribution is -2.44. The molecule has 104 valence electrons. The number of carbonyl (C=O) groups excluding carboxylic acids is 1. The number of anilines is 1. The third-order valence-corrected chi connectivity index (χ3v) is 3.68.